The lowest BCUT2D eigenvalue weighted by molar-refractivity contribution is 0.681. The minimum absolute atomic E-state index is 1.08. The molecule has 0 fully saturated rings. The van der Waals surface area contributed by atoms with Gasteiger partial charge < -0.3 is 0 Å². The van der Waals surface area contributed by atoms with Gasteiger partial charge in [0.2, 0.25) is 0 Å². The first-order valence-corrected chi connectivity index (χ1v) is 9.68. The highest BCUT2D eigenvalue weighted by Crippen LogP contribution is 2.30. The highest BCUT2D eigenvalue weighted by Gasteiger charge is 2.13. The van der Waals surface area contributed by atoms with Crippen LogP contribution in [0.4, 0.5) is 0 Å². The quantitative estimate of drug-likeness (QED) is 0.438. The van der Waals surface area contributed by atoms with E-state index in [4.69, 9.17) is 0 Å². The Morgan fingerprint density at radius 3 is 2.58 bits per heavy atom. The fourth-order valence-electron chi connectivity index (χ4n) is 3.95. The van der Waals surface area contributed by atoms with Crippen LogP contribution in [0.1, 0.15) is 81.0 Å². The van der Waals surface area contributed by atoms with Crippen molar-refractivity contribution in [2.45, 2.75) is 78.6 Å². The highest BCUT2D eigenvalue weighted by atomic mass is 14.2. The molecule has 0 spiro atoms. The van der Waals surface area contributed by atoms with Crippen LogP contribution in [0.5, 0.6) is 0 Å². The number of fused-ring (bicyclic) bond motifs is 1. The van der Waals surface area contributed by atoms with Crippen molar-refractivity contribution in [3.8, 4) is 0 Å². The van der Waals surface area contributed by atoms with Gasteiger partial charge in [0.15, 0.2) is 0 Å². The molecule has 0 radical (unpaired) electrons. The Kier molecular flexibility index (Phi) is 7.09. The van der Waals surface area contributed by atoms with Gasteiger partial charge in [-0.05, 0) is 98.6 Å². The van der Waals surface area contributed by atoms with Crippen molar-refractivity contribution in [2.75, 3.05) is 0 Å². The number of rotatable bonds is 8. The molecule has 0 heterocycles. The Hall–Kier alpha value is -1.56. The van der Waals surface area contributed by atoms with Crippen LogP contribution in [0.15, 0.2) is 42.5 Å². The molecule has 0 aliphatic heterocycles. The third-order valence-corrected chi connectivity index (χ3v) is 5.44. The van der Waals surface area contributed by atoms with Crippen LogP contribution in [0.2, 0.25) is 0 Å². The summed E-state index contributed by atoms with van der Waals surface area (Å²) in [6.45, 7) is 15.1. The van der Waals surface area contributed by atoms with Crippen LogP contribution in [0.3, 0.4) is 0 Å². The standard InChI is InChI=1S/C24H34/c1-6-11-18(3)21(7-2)14-10-12-19(4)23-16-20(5)24-15-9-8-13-22(24)17-23/h7,16-17H,2,4,6,8-15H2,1,3,5H3/b21-18+. The summed E-state index contributed by atoms with van der Waals surface area (Å²) >= 11 is 0. The fourth-order valence-corrected chi connectivity index (χ4v) is 3.95. The number of aryl methyl sites for hydroxylation is 2. The van der Waals surface area contributed by atoms with Crippen LogP contribution in [-0.4, -0.2) is 0 Å². The minimum atomic E-state index is 1.08. The Labute approximate surface area is 149 Å². The third-order valence-electron chi connectivity index (χ3n) is 5.44. The summed E-state index contributed by atoms with van der Waals surface area (Å²) in [6.07, 6.45) is 13.0. The predicted molar refractivity (Wildman–Crippen MR) is 109 cm³/mol. The van der Waals surface area contributed by atoms with E-state index in [1.54, 1.807) is 11.1 Å². The molecule has 0 aromatic heterocycles. The molecule has 0 heteroatoms. The average molecular weight is 323 g/mol. The van der Waals surface area contributed by atoms with E-state index in [9.17, 15) is 0 Å². The average Bonchev–Trinajstić information content (AvgIpc) is 2.58. The predicted octanol–water partition coefficient (Wildman–Crippen LogP) is 7.36. The van der Waals surface area contributed by atoms with Gasteiger partial charge in [0.25, 0.3) is 0 Å². The smallest absolute Gasteiger partial charge is 0.0225 e. The van der Waals surface area contributed by atoms with Crippen molar-refractivity contribution in [1.82, 2.24) is 0 Å². The molecule has 0 amide bonds. The van der Waals surface area contributed by atoms with Gasteiger partial charge in [-0.3, -0.25) is 0 Å². The molecular weight excluding hydrogens is 288 g/mol. The van der Waals surface area contributed by atoms with E-state index in [0.29, 0.717) is 0 Å². The van der Waals surface area contributed by atoms with E-state index in [1.807, 2.05) is 0 Å². The van der Waals surface area contributed by atoms with Gasteiger partial charge in [0, 0.05) is 0 Å². The van der Waals surface area contributed by atoms with Gasteiger partial charge in [-0.15, -0.1) is 0 Å². The Morgan fingerprint density at radius 1 is 1.12 bits per heavy atom. The summed E-state index contributed by atoms with van der Waals surface area (Å²) in [5, 5.41) is 0. The number of benzene rings is 1. The lowest BCUT2D eigenvalue weighted by atomic mass is 9.85. The summed E-state index contributed by atoms with van der Waals surface area (Å²) in [6, 6.07) is 4.77. The molecule has 2 rings (SSSR count). The molecule has 130 valence electrons. The lowest BCUT2D eigenvalue weighted by Gasteiger charge is -2.20. The Balaban J connectivity index is 1.99. The summed E-state index contributed by atoms with van der Waals surface area (Å²) in [4.78, 5) is 0. The topological polar surface area (TPSA) is 0 Å². The summed E-state index contributed by atoms with van der Waals surface area (Å²) < 4.78 is 0. The van der Waals surface area contributed by atoms with Gasteiger partial charge in [-0.2, -0.15) is 0 Å². The van der Waals surface area contributed by atoms with Crippen LogP contribution < -0.4 is 0 Å². The number of hydrogen-bond donors (Lipinski definition) is 0. The molecule has 0 unspecified atom stereocenters. The van der Waals surface area contributed by atoms with Crippen LogP contribution in [0, 0.1) is 6.92 Å². The molecule has 24 heavy (non-hydrogen) atoms. The van der Waals surface area contributed by atoms with Crippen molar-refractivity contribution < 1.29 is 0 Å². The minimum Gasteiger partial charge on any atom is -0.0988 e. The van der Waals surface area contributed by atoms with Crippen molar-refractivity contribution in [3.63, 3.8) is 0 Å². The second-order valence-corrected chi connectivity index (χ2v) is 7.35. The second kappa shape index (κ2) is 9.06. The number of allylic oxidation sites excluding steroid dienone is 4. The monoisotopic (exact) mass is 322 g/mol. The molecular formula is C24H34. The maximum absolute atomic E-state index is 4.38. The summed E-state index contributed by atoms with van der Waals surface area (Å²) in [7, 11) is 0. The van der Waals surface area contributed by atoms with Crippen LogP contribution in [-0.2, 0) is 12.8 Å². The van der Waals surface area contributed by atoms with Gasteiger partial charge in [0.05, 0.1) is 0 Å². The van der Waals surface area contributed by atoms with Crippen LogP contribution in [0.25, 0.3) is 5.57 Å². The Morgan fingerprint density at radius 2 is 1.88 bits per heavy atom. The first-order chi connectivity index (χ1) is 11.6. The van der Waals surface area contributed by atoms with Gasteiger partial charge in [0.1, 0.15) is 0 Å². The lowest BCUT2D eigenvalue weighted by Crippen LogP contribution is -2.05. The highest BCUT2D eigenvalue weighted by molar-refractivity contribution is 5.65. The Bertz CT molecular complexity index is 628. The first-order valence-electron chi connectivity index (χ1n) is 9.68. The molecule has 0 bridgehead atoms. The van der Waals surface area contributed by atoms with E-state index in [-0.39, 0.29) is 0 Å². The van der Waals surface area contributed by atoms with E-state index in [1.165, 1.54) is 66.4 Å². The van der Waals surface area contributed by atoms with Crippen molar-refractivity contribution >= 4 is 5.57 Å². The maximum Gasteiger partial charge on any atom is -0.0225 e. The van der Waals surface area contributed by atoms with E-state index in [0.717, 1.165) is 19.3 Å². The molecule has 1 aliphatic carbocycles. The molecule has 0 nitrogen and oxygen atoms in total. The zero-order valence-corrected chi connectivity index (χ0v) is 16.0. The van der Waals surface area contributed by atoms with E-state index >= 15 is 0 Å². The normalized spacial score (nSPS) is 14.8. The molecule has 1 aromatic rings. The second-order valence-electron chi connectivity index (χ2n) is 7.35. The summed E-state index contributed by atoms with van der Waals surface area (Å²) in [5.74, 6) is 0. The van der Waals surface area contributed by atoms with Crippen molar-refractivity contribution in [1.29, 1.82) is 0 Å². The molecule has 0 atom stereocenters. The summed E-state index contributed by atoms with van der Waals surface area (Å²) in [5.41, 5.74) is 10.2. The largest absolute Gasteiger partial charge is 0.0988 e. The SMILES string of the molecule is C=C/C(CCCC(=C)c1cc(C)c2c(c1)CCCC2)=C(/C)CCC. The van der Waals surface area contributed by atoms with E-state index in [2.05, 4.69) is 52.1 Å². The van der Waals surface area contributed by atoms with Gasteiger partial charge >= 0.3 is 0 Å². The zero-order valence-electron chi connectivity index (χ0n) is 16.0. The molecule has 1 aromatic carbocycles. The van der Waals surface area contributed by atoms with Crippen LogP contribution >= 0.6 is 0 Å². The molecule has 0 saturated heterocycles. The molecule has 0 N–H and O–H groups in total. The fraction of sp³-hybridized carbons (Fsp3) is 0.500. The third kappa shape index (κ3) is 4.72. The van der Waals surface area contributed by atoms with Crippen molar-refractivity contribution in [2.24, 2.45) is 0 Å². The van der Waals surface area contributed by atoms with Gasteiger partial charge in [-0.25, -0.2) is 0 Å². The maximum atomic E-state index is 4.38. The van der Waals surface area contributed by atoms with Crippen molar-refractivity contribution in [3.05, 3.63) is 64.8 Å². The van der Waals surface area contributed by atoms with Gasteiger partial charge in [-0.1, -0.05) is 50.3 Å². The van der Waals surface area contributed by atoms with E-state index < -0.39 is 0 Å². The first kappa shape index (κ1) is 18.8. The molecule has 1 aliphatic rings. The number of hydrogen-bond acceptors (Lipinski definition) is 0. The zero-order chi connectivity index (χ0) is 17.5. The molecule has 0 saturated carbocycles.